The largest absolute Gasteiger partial charge is 0.305 e. The molecule has 1 aromatic rings. The molecule has 3 unspecified atom stereocenters. The predicted molar refractivity (Wildman–Crippen MR) is 94.5 cm³/mol. The monoisotopic (exact) mass is 303 g/mol. The Balaban J connectivity index is 1.76. The molecule has 0 spiro atoms. The molecule has 0 amide bonds. The average molecular weight is 303 g/mol. The normalized spacial score (nSPS) is 28.7. The first kappa shape index (κ1) is 14.1. The number of hydrogen-bond acceptors (Lipinski definition) is 3. The second-order valence-electron chi connectivity index (χ2n) is 6.21. The minimum atomic E-state index is 0.211. The van der Waals surface area contributed by atoms with Crippen molar-refractivity contribution >= 4 is 5.84 Å². The number of nitrogens with zero attached hydrogens (tertiary/aromatic N) is 3. The Kier molecular flexibility index (Phi) is 3.41. The van der Waals surface area contributed by atoms with Gasteiger partial charge in [-0.05, 0) is 13.0 Å². The van der Waals surface area contributed by atoms with Crippen LogP contribution in [0.15, 0.2) is 83.7 Å². The van der Waals surface area contributed by atoms with E-state index >= 15 is 0 Å². The minimum Gasteiger partial charge on any atom is -0.305 e. The number of hydrogen-bond donors (Lipinski definition) is 0. The lowest BCUT2D eigenvalue weighted by atomic mass is 9.82. The molecule has 3 aliphatic rings. The van der Waals surface area contributed by atoms with Gasteiger partial charge in [0, 0.05) is 30.1 Å². The number of hydrazone groups is 1. The molecular weight excluding hydrogens is 282 g/mol. The minimum absolute atomic E-state index is 0.211. The highest BCUT2D eigenvalue weighted by atomic mass is 15.6. The van der Waals surface area contributed by atoms with Gasteiger partial charge < -0.3 is 4.90 Å². The van der Waals surface area contributed by atoms with Crippen LogP contribution < -0.4 is 0 Å². The summed E-state index contributed by atoms with van der Waals surface area (Å²) < 4.78 is 0. The second kappa shape index (κ2) is 5.58. The molecule has 1 aromatic carbocycles. The van der Waals surface area contributed by atoms with Gasteiger partial charge in [0.15, 0.2) is 5.84 Å². The standard InChI is InChI=1S/C20H21N3/c1-15-22(2)21-20(17-10-4-3-5-11-17)23(15)19-14-8-12-16-9-6-7-13-18(16)19/h3-16,18H,1-2H3. The Morgan fingerprint density at radius 1 is 0.957 bits per heavy atom. The summed E-state index contributed by atoms with van der Waals surface area (Å²) in [4.78, 5) is 2.38. The maximum atomic E-state index is 4.80. The molecule has 2 aliphatic carbocycles. The fourth-order valence-corrected chi connectivity index (χ4v) is 3.49. The first-order chi connectivity index (χ1) is 11.3. The van der Waals surface area contributed by atoms with Gasteiger partial charge in [0.1, 0.15) is 6.17 Å². The summed E-state index contributed by atoms with van der Waals surface area (Å²) in [5.41, 5.74) is 2.48. The van der Waals surface area contributed by atoms with Crippen molar-refractivity contribution in [3.8, 4) is 0 Å². The third kappa shape index (κ3) is 2.33. The topological polar surface area (TPSA) is 18.8 Å². The molecule has 1 aliphatic heterocycles. The lowest BCUT2D eigenvalue weighted by Crippen LogP contribution is -2.41. The van der Waals surface area contributed by atoms with E-state index in [0.29, 0.717) is 11.8 Å². The van der Waals surface area contributed by atoms with Gasteiger partial charge in [-0.3, -0.25) is 5.01 Å². The van der Waals surface area contributed by atoms with Crippen molar-refractivity contribution in [2.45, 2.75) is 13.1 Å². The Morgan fingerprint density at radius 3 is 2.52 bits per heavy atom. The van der Waals surface area contributed by atoms with Crippen molar-refractivity contribution in [3.63, 3.8) is 0 Å². The number of benzene rings is 1. The van der Waals surface area contributed by atoms with Crippen LogP contribution in [0.4, 0.5) is 0 Å². The first-order valence-corrected chi connectivity index (χ1v) is 8.15. The van der Waals surface area contributed by atoms with Crippen LogP contribution in [-0.2, 0) is 0 Å². The van der Waals surface area contributed by atoms with Crippen LogP contribution in [0.3, 0.4) is 0 Å². The van der Waals surface area contributed by atoms with E-state index in [1.54, 1.807) is 0 Å². The van der Waals surface area contributed by atoms with Crippen molar-refractivity contribution in [1.82, 2.24) is 9.91 Å². The molecule has 0 saturated carbocycles. The fourth-order valence-electron chi connectivity index (χ4n) is 3.49. The highest BCUT2D eigenvalue weighted by Gasteiger charge is 2.36. The van der Waals surface area contributed by atoms with Crippen LogP contribution in [-0.4, -0.2) is 29.0 Å². The van der Waals surface area contributed by atoms with E-state index in [4.69, 9.17) is 5.10 Å². The summed E-state index contributed by atoms with van der Waals surface area (Å²) in [5, 5.41) is 6.84. The molecule has 1 heterocycles. The Labute approximate surface area is 137 Å². The lowest BCUT2D eigenvalue weighted by Gasteiger charge is -2.37. The Hall–Kier alpha value is -2.55. The van der Waals surface area contributed by atoms with Crippen LogP contribution in [0.2, 0.25) is 0 Å². The van der Waals surface area contributed by atoms with E-state index in [0.717, 1.165) is 11.4 Å². The number of rotatable bonds is 2. The molecule has 3 atom stereocenters. The Bertz CT molecular complexity index is 739. The molecule has 3 heteroatoms. The van der Waals surface area contributed by atoms with E-state index in [-0.39, 0.29) is 6.17 Å². The molecule has 0 fully saturated rings. The fraction of sp³-hybridized carbons (Fsp3) is 0.250. The van der Waals surface area contributed by atoms with Gasteiger partial charge in [-0.1, -0.05) is 66.8 Å². The quantitative estimate of drug-likeness (QED) is 0.828. The molecule has 0 bridgehead atoms. The van der Waals surface area contributed by atoms with Crippen LogP contribution in [0.25, 0.3) is 0 Å². The summed E-state index contributed by atoms with van der Waals surface area (Å²) in [5.74, 6) is 1.85. The van der Waals surface area contributed by atoms with Gasteiger partial charge in [0.05, 0.1) is 0 Å². The van der Waals surface area contributed by atoms with Crippen molar-refractivity contribution in [2.24, 2.45) is 16.9 Å². The molecule has 4 rings (SSSR count). The zero-order valence-electron chi connectivity index (χ0n) is 13.5. The summed E-state index contributed by atoms with van der Waals surface area (Å²) in [6.07, 6.45) is 15.8. The highest BCUT2D eigenvalue weighted by Crippen LogP contribution is 2.37. The molecule has 23 heavy (non-hydrogen) atoms. The van der Waals surface area contributed by atoms with Crippen LogP contribution >= 0.6 is 0 Å². The summed E-state index contributed by atoms with van der Waals surface area (Å²) in [6, 6.07) is 10.4. The smallest absolute Gasteiger partial charge is 0.161 e. The van der Waals surface area contributed by atoms with Crippen molar-refractivity contribution in [1.29, 1.82) is 0 Å². The number of fused-ring (bicyclic) bond motifs is 1. The highest BCUT2D eigenvalue weighted by molar-refractivity contribution is 6.00. The van der Waals surface area contributed by atoms with Crippen LogP contribution in [0.1, 0.15) is 12.5 Å². The van der Waals surface area contributed by atoms with E-state index in [9.17, 15) is 0 Å². The SMILES string of the molecule is CC1N(C)N=C(c2ccccc2)N1C1=CC=CC2C=CC=CC12. The van der Waals surface area contributed by atoms with E-state index < -0.39 is 0 Å². The Morgan fingerprint density at radius 2 is 1.70 bits per heavy atom. The zero-order chi connectivity index (χ0) is 15.8. The number of allylic oxidation sites excluding steroid dienone is 7. The first-order valence-electron chi connectivity index (χ1n) is 8.15. The summed E-state index contributed by atoms with van der Waals surface area (Å²) >= 11 is 0. The second-order valence-corrected chi connectivity index (χ2v) is 6.21. The molecular formula is C20H21N3. The van der Waals surface area contributed by atoms with E-state index in [2.05, 4.69) is 78.6 Å². The van der Waals surface area contributed by atoms with Crippen molar-refractivity contribution < 1.29 is 0 Å². The van der Waals surface area contributed by atoms with Gasteiger partial charge >= 0.3 is 0 Å². The predicted octanol–water partition coefficient (Wildman–Crippen LogP) is 3.75. The van der Waals surface area contributed by atoms with E-state index in [1.165, 1.54) is 5.70 Å². The molecule has 0 radical (unpaired) electrons. The van der Waals surface area contributed by atoms with Crippen LogP contribution in [0.5, 0.6) is 0 Å². The summed E-state index contributed by atoms with van der Waals surface area (Å²) in [6.45, 7) is 2.20. The van der Waals surface area contributed by atoms with Crippen LogP contribution in [0, 0.1) is 11.8 Å². The van der Waals surface area contributed by atoms with E-state index in [1.807, 2.05) is 18.1 Å². The lowest BCUT2D eigenvalue weighted by molar-refractivity contribution is 0.193. The maximum Gasteiger partial charge on any atom is 0.161 e. The number of amidine groups is 1. The van der Waals surface area contributed by atoms with Gasteiger partial charge in [0.2, 0.25) is 0 Å². The molecule has 0 aromatic heterocycles. The molecule has 0 saturated heterocycles. The maximum absolute atomic E-state index is 4.80. The average Bonchev–Trinajstić information content (AvgIpc) is 2.90. The van der Waals surface area contributed by atoms with Gasteiger partial charge in [0.25, 0.3) is 0 Å². The molecule has 0 N–H and O–H groups in total. The molecule has 116 valence electrons. The van der Waals surface area contributed by atoms with Crippen molar-refractivity contribution in [2.75, 3.05) is 7.05 Å². The third-order valence-electron chi connectivity index (χ3n) is 4.82. The third-order valence-corrected chi connectivity index (χ3v) is 4.82. The van der Waals surface area contributed by atoms with Gasteiger partial charge in [-0.15, -0.1) is 0 Å². The summed E-state index contributed by atoms with van der Waals surface area (Å²) in [7, 11) is 2.04. The van der Waals surface area contributed by atoms with Gasteiger partial charge in [-0.2, -0.15) is 5.10 Å². The zero-order valence-corrected chi connectivity index (χ0v) is 13.5. The molecule has 3 nitrogen and oxygen atoms in total. The van der Waals surface area contributed by atoms with Gasteiger partial charge in [-0.25, -0.2) is 0 Å². The van der Waals surface area contributed by atoms with Crippen molar-refractivity contribution in [3.05, 3.63) is 84.1 Å².